The summed E-state index contributed by atoms with van der Waals surface area (Å²) in [5.74, 6) is -0.361. The van der Waals surface area contributed by atoms with Gasteiger partial charge in [0.1, 0.15) is 0 Å². The Balaban J connectivity index is 2.65. The van der Waals surface area contributed by atoms with E-state index in [1.165, 1.54) is 12.1 Å². The summed E-state index contributed by atoms with van der Waals surface area (Å²) in [6, 6.07) is 6.12. The first-order chi connectivity index (χ1) is 9.99. The lowest BCUT2D eigenvalue weighted by atomic mass is 9.98. The highest BCUT2D eigenvalue weighted by Gasteiger charge is 2.18. The second-order valence-electron chi connectivity index (χ2n) is 5.11. The van der Waals surface area contributed by atoms with Crippen molar-refractivity contribution >= 4 is 11.6 Å². The van der Waals surface area contributed by atoms with Crippen LogP contribution < -0.4 is 5.32 Å². The van der Waals surface area contributed by atoms with Crippen molar-refractivity contribution in [1.29, 1.82) is 0 Å². The number of rotatable bonds is 8. The van der Waals surface area contributed by atoms with Crippen molar-refractivity contribution in [3.63, 3.8) is 0 Å². The third kappa shape index (κ3) is 5.15. The van der Waals surface area contributed by atoms with Gasteiger partial charge in [0.2, 0.25) is 5.91 Å². The Morgan fingerprint density at radius 1 is 1.48 bits per heavy atom. The van der Waals surface area contributed by atoms with Crippen LogP contribution in [0.5, 0.6) is 0 Å². The molecule has 116 valence electrons. The molecule has 0 radical (unpaired) electrons. The molecule has 0 aromatic heterocycles. The van der Waals surface area contributed by atoms with Gasteiger partial charge in [-0.15, -0.1) is 0 Å². The van der Waals surface area contributed by atoms with Gasteiger partial charge in [0.25, 0.3) is 5.69 Å². The summed E-state index contributed by atoms with van der Waals surface area (Å²) in [4.78, 5) is 22.4. The van der Waals surface area contributed by atoms with Gasteiger partial charge in [-0.25, -0.2) is 0 Å². The van der Waals surface area contributed by atoms with Gasteiger partial charge in [-0.1, -0.05) is 25.5 Å². The fourth-order valence-electron chi connectivity index (χ4n) is 2.09. The van der Waals surface area contributed by atoms with Gasteiger partial charge in [-0.3, -0.25) is 14.9 Å². The number of amides is 1. The lowest BCUT2D eigenvalue weighted by molar-refractivity contribution is -0.384. The minimum Gasteiger partial charge on any atom is -0.396 e. The number of nitrogens with one attached hydrogen (secondary N) is 1. The highest BCUT2D eigenvalue weighted by Crippen LogP contribution is 2.21. The van der Waals surface area contributed by atoms with Crippen LogP contribution in [0.3, 0.4) is 0 Å². The lowest BCUT2D eigenvalue weighted by Gasteiger charge is -2.17. The largest absolute Gasteiger partial charge is 0.396 e. The van der Waals surface area contributed by atoms with E-state index >= 15 is 0 Å². The summed E-state index contributed by atoms with van der Waals surface area (Å²) < 4.78 is 0. The van der Waals surface area contributed by atoms with Gasteiger partial charge in [-0.2, -0.15) is 0 Å². The monoisotopic (exact) mass is 294 g/mol. The first kappa shape index (κ1) is 17.1. The molecule has 0 saturated carbocycles. The quantitative estimate of drug-likeness (QED) is 0.568. The number of nitro benzene ring substituents is 1. The molecule has 0 aliphatic rings. The highest BCUT2D eigenvalue weighted by molar-refractivity contribution is 5.83. The summed E-state index contributed by atoms with van der Waals surface area (Å²) in [5.41, 5.74) is 0.607. The summed E-state index contributed by atoms with van der Waals surface area (Å²) in [6.45, 7) is 4.35. The normalized spacial score (nSPS) is 13.5. The zero-order chi connectivity index (χ0) is 15.8. The molecular formula is C15H22N2O4. The number of benzene rings is 1. The van der Waals surface area contributed by atoms with Crippen LogP contribution in [-0.2, 0) is 4.79 Å². The molecule has 2 unspecified atom stereocenters. The molecule has 1 aromatic rings. The molecule has 0 saturated heterocycles. The number of carbonyl (C=O) groups excluding carboxylic acids is 1. The summed E-state index contributed by atoms with van der Waals surface area (Å²) in [5, 5.41) is 22.5. The van der Waals surface area contributed by atoms with Crippen LogP contribution in [0.1, 0.15) is 38.2 Å². The van der Waals surface area contributed by atoms with Crippen LogP contribution in [0, 0.1) is 16.0 Å². The number of hydrogen-bond acceptors (Lipinski definition) is 4. The van der Waals surface area contributed by atoms with Crippen LogP contribution in [0.4, 0.5) is 5.69 Å². The number of aliphatic hydroxyl groups excluding tert-OH is 1. The van der Waals surface area contributed by atoms with E-state index in [0.29, 0.717) is 18.5 Å². The van der Waals surface area contributed by atoms with E-state index in [1.54, 1.807) is 19.1 Å². The first-order valence-corrected chi connectivity index (χ1v) is 7.12. The molecule has 6 heteroatoms. The fourth-order valence-corrected chi connectivity index (χ4v) is 2.09. The van der Waals surface area contributed by atoms with Crippen LogP contribution in [0.15, 0.2) is 24.3 Å². The summed E-state index contributed by atoms with van der Waals surface area (Å²) in [6.07, 6.45) is 1.54. The Hall–Kier alpha value is -1.95. The molecule has 0 fully saturated rings. The molecule has 1 rings (SSSR count). The number of aliphatic hydroxyl groups is 1. The predicted molar refractivity (Wildman–Crippen MR) is 80.0 cm³/mol. The molecule has 0 spiro atoms. The maximum atomic E-state index is 12.1. The minimum atomic E-state index is -0.470. The molecule has 0 aliphatic heterocycles. The van der Waals surface area contributed by atoms with Crippen molar-refractivity contribution in [1.82, 2.24) is 5.32 Å². The first-order valence-electron chi connectivity index (χ1n) is 7.12. The standard InChI is InChI=1S/C15H22N2O4/c1-3-12(7-8-18)10-16-15(19)11(2)13-5-4-6-14(9-13)17(20)21/h4-6,9,11-12,18H,3,7-8,10H2,1-2H3,(H,16,19). The van der Waals surface area contributed by atoms with Crippen molar-refractivity contribution in [2.75, 3.05) is 13.2 Å². The molecule has 21 heavy (non-hydrogen) atoms. The number of nitro groups is 1. The highest BCUT2D eigenvalue weighted by atomic mass is 16.6. The van der Waals surface area contributed by atoms with E-state index in [2.05, 4.69) is 5.32 Å². The molecule has 1 amide bonds. The van der Waals surface area contributed by atoms with E-state index in [4.69, 9.17) is 5.11 Å². The maximum Gasteiger partial charge on any atom is 0.269 e. The summed E-state index contributed by atoms with van der Waals surface area (Å²) in [7, 11) is 0. The van der Waals surface area contributed by atoms with E-state index in [0.717, 1.165) is 6.42 Å². The van der Waals surface area contributed by atoms with Crippen molar-refractivity contribution in [2.45, 2.75) is 32.6 Å². The molecular weight excluding hydrogens is 272 g/mol. The van der Waals surface area contributed by atoms with E-state index < -0.39 is 10.8 Å². The Labute approximate surface area is 124 Å². The van der Waals surface area contributed by atoms with Gasteiger partial charge in [0.05, 0.1) is 10.8 Å². The molecule has 0 aliphatic carbocycles. The lowest BCUT2D eigenvalue weighted by Crippen LogP contribution is -2.32. The predicted octanol–water partition coefficient (Wildman–Crippen LogP) is 2.22. The van der Waals surface area contributed by atoms with Gasteiger partial charge < -0.3 is 10.4 Å². The van der Waals surface area contributed by atoms with Gasteiger partial charge in [0, 0.05) is 25.3 Å². The van der Waals surface area contributed by atoms with E-state index in [9.17, 15) is 14.9 Å². The molecule has 1 aromatic carbocycles. The fraction of sp³-hybridized carbons (Fsp3) is 0.533. The molecule has 2 N–H and O–H groups in total. The number of hydrogen-bond donors (Lipinski definition) is 2. The average molecular weight is 294 g/mol. The second kappa shape index (κ2) is 8.36. The Morgan fingerprint density at radius 3 is 2.76 bits per heavy atom. The summed E-state index contributed by atoms with van der Waals surface area (Å²) >= 11 is 0. The van der Waals surface area contributed by atoms with Crippen molar-refractivity contribution in [2.24, 2.45) is 5.92 Å². The van der Waals surface area contributed by atoms with Crippen LogP contribution in [-0.4, -0.2) is 29.1 Å². The van der Waals surface area contributed by atoms with Crippen molar-refractivity contribution in [3.05, 3.63) is 39.9 Å². The van der Waals surface area contributed by atoms with Crippen LogP contribution in [0.2, 0.25) is 0 Å². The molecule has 2 atom stereocenters. The smallest absolute Gasteiger partial charge is 0.269 e. The third-order valence-corrected chi connectivity index (χ3v) is 3.65. The molecule has 6 nitrogen and oxygen atoms in total. The van der Waals surface area contributed by atoms with E-state index in [-0.39, 0.29) is 24.1 Å². The van der Waals surface area contributed by atoms with Gasteiger partial charge in [-0.05, 0) is 24.8 Å². The minimum absolute atomic E-state index is 0.0149. The zero-order valence-electron chi connectivity index (χ0n) is 12.4. The Kier molecular flexibility index (Phi) is 6.81. The van der Waals surface area contributed by atoms with Crippen molar-refractivity contribution in [3.8, 4) is 0 Å². The SMILES string of the molecule is CCC(CCO)CNC(=O)C(C)c1cccc([N+](=O)[O-])c1. The second-order valence-corrected chi connectivity index (χ2v) is 5.11. The number of carbonyl (C=O) groups is 1. The zero-order valence-corrected chi connectivity index (χ0v) is 12.4. The van der Waals surface area contributed by atoms with Crippen LogP contribution in [0.25, 0.3) is 0 Å². The third-order valence-electron chi connectivity index (χ3n) is 3.65. The topological polar surface area (TPSA) is 92.5 Å². The average Bonchev–Trinajstić information content (AvgIpc) is 2.50. The maximum absolute atomic E-state index is 12.1. The number of nitrogens with zero attached hydrogens (tertiary/aromatic N) is 1. The Morgan fingerprint density at radius 2 is 2.19 bits per heavy atom. The van der Waals surface area contributed by atoms with Gasteiger partial charge >= 0.3 is 0 Å². The Bertz CT molecular complexity index is 490. The van der Waals surface area contributed by atoms with E-state index in [1.807, 2.05) is 6.92 Å². The molecule has 0 heterocycles. The molecule has 0 bridgehead atoms. The number of non-ortho nitro benzene ring substituents is 1. The van der Waals surface area contributed by atoms with Gasteiger partial charge in [0.15, 0.2) is 0 Å². The van der Waals surface area contributed by atoms with Crippen molar-refractivity contribution < 1.29 is 14.8 Å². The van der Waals surface area contributed by atoms with Crippen LogP contribution >= 0.6 is 0 Å².